The lowest BCUT2D eigenvalue weighted by Gasteiger charge is -2.14. The fourth-order valence-corrected chi connectivity index (χ4v) is 2.32. The van der Waals surface area contributed by atoms with Gasteiger partial charge < -0.3 is 19.5 Å². The molecule has 4 heteroatoms. The van der Waals surface area contributed by atoms with E-state index in [9.17, 15) is 0 Å². The van der Waals surface area contributed by atoms with Gasteiger partial charge in [0.05, 0.1) is 19.8 Å². The molecular weight excluding hydrogens is 242 g/mol. The topological polar surface area (TPSA) is 39.7 Å². The minimum Gasteiger partial charge on any atom is -0.497 e. The zero-order valence-electron chi connectivity index (χ0n) is 11.8. The lowest BCUT2D eigenvalue weighted by atomic mass is 10.1. The summed E-state index contributed by atoms with van der Waals surface area (Å²) < 4.78 is 16.7. The van der Waals surface area contributed by atoms with Crippen molar-refractivity contribution >= 4 is 0 Å². The molecule has 1 aromatic rings. The maximum Gasteiger partial charge on any atom is 0.124 e. The molecule has 106 valence electrons. The molecule has 1 aliphatic heterocycles. The zero-order chi connectivity index (χ0) is 13.5. The van der Waals surface area contributed by atoms with Crippen molar-refractivity contribution in [3.8, 4) is 11.5 Å². The molecule has 0 aliphatic carbocycles. The van der Waals surface area contributed by atoms with E-state index in [1.165, 1.54) is 6.42 Å². The largest absolute Gasteiger partial charge is 0.497 e. The van der Waals surface area contributed by atoms with Crippen LogP contribution in [0.2, 0.25) is 0 Å². The predicted octanol–water partition coefficient (Wildman–Crippen LogP) is 2.36. The molecule has 2 rings (SSSR count). The lowest BCUT2D eigenvalue weighted by Crippen LogP contribution is -2.12. The van der Waals surface area contributed by atoms with Crippen molar-refractivity contribution in [2.75, 3.05) is 27.4 Å². The van der Waals surface area contributed by atoms with Crippen LogP contribution in [-0.4, -0.2) is 33.5 Å². The molecule has 1 fully saturated rings. The number of rotatable bonds is 7. The first kappa shape index (κ1) is 14.2. The van der Waals surface area contributed by atoms with Crippen LogP contribution < -0.4 is 14.8 Å². The number of methoxy groups -OCH3 is 1. The number of hydrogen-bond donors (Lipinski definition) is 1. The van der Waals surface area contributed by atoms with E-state index in [0.29, 0.717) is 12.7 Å². The van der Waals surface area contributed by atoms with E-state index < -0.39 is 0 Å². The van der Waals surface area contributed by atoms with E-state index >= 15 is 0 Å². The zero-order valence-corrected chi connectivity index (χ0v) is 11.8. The third kappa shape index (κ3) is 4.11. The van der Waals surface area contributed by atoms with Crippen LogP contribution in [0.3, 0.4) is 0 Å². The van der Waals surface area contributed by atoms with E-state index in [2.05, 4.69) is 5.32 Å². The van der Waals surface area contributed by atoms with Crippen molar-refractivity contribution in [1.29, 1.82) is 0 Å². The van der Waals surface area contributed by atoms with Gasteiger partial charge in [0.25, 0.3) is 0 Å². The number of ether oxygens (including phenoxy) is 3. The number of nitrogens with one attached hydrogen (secondary N) is 1. The Morgan fingerprint density at radius 1 is 1.42 bits per heavy atom. The second kappa shape index (κ2) is 7.36. The highest BCUT2D eigenvalue weighted by Gasteiger charge is 2.15. The molecule has 0 amide bonds. The summed E-state index contributed by atoms with van der Waals surface area (Å²) in [4.78, 5) is 0. The Hall–Kier alpha value is -1.26. The van der Waals surface area contributed by atoms with Crippen LogP contribution in [0.1, 0.15) is 24.8 Å². The average Bonchev–Trinajstić information content (AvgIpc) is 2.94. The van der Waals surface area contributed by atoms with Gasteiger partial charge in [-0.3, -0.25) is 0 Å². The van der Waals surface area contributed by atoms with Gasteiger partial charge in [0.2, 0.25) is 0 Å². The highest BCUT2D eigenvalue weighted by molar-refractivity contribution is 5.40. The Bertz CT molecular complexity index is 389. The number of benzene rings is 1. The maximum atomic E-state index is 5.88. The predicted molar refractivity (Wildman–Crippen MR) is 74.8 cm³/mol. The van der Waals surface area contributed by atoms with Gasteiger partial charge in [0, 0.05) is 25.1 Å². The summed E-state index contributed by atoms with van der Waals surface area (Å²) in [5.41, 5.74) is 1.12. The molecule has 1 saturated heterocycles. The summed E-state index contributed by atoms with van der Waals surface area (Å²) in [5.74, 6) is 1.78. The fraction of sp³-hybridized carbons (Fsp3) is 0.600. The van der Waals surface area contributed by atoms with Crippen LogP contribution in [0.25, 0.3) is 0 Å². The minimum atomic E-state index is 0.381. The van der Waals surface area contributed by atoms with E-state index in [4.69, 9.17) is 14.2 Å². The molecule has 1 heterocycles. The first-order valence-electron chi connectivity index (χ1n) is 6.89. The molecule has 19 heavy (non-hydrogen) atoms. The van der Waals surface area contributed by atoms with Crippen molar-refractivity contribution in [2.45, 2.75) is 31.9 Å². The highest BCUT2D eigenvalue weighted by Crippen LogP contribution is 2.25. The molecule has 4 nitrogen and oxygen atoms in total. The Morgan fingerprint density at radius 2 is 2.32 bits per heavy atom. The summed E-state index contributed by atoms with van der Waals surface area (Å²) >= 11 is 0. The quantitative estimate of drug-likeness (QED) is 0.821. The van der Waals surface area contributed by atoms with Crippen LogP contribution in [0.4, 0.5) is 0 Å². The van der Waals surface area contributed by atoms with Gasteiger partial charge in [-0.15, -0.1) is 0 Å². The van der Waals surface area contributed by atoms with Crippen LogP contribution in [-0.2, 0) is 11.3 Å². The highest BCUT2D eigenvalue weighted by atomic mass is 16.5. The molecule has 1 N–H and O–H groups in total. The molecule has 1 unspecified atom stereocenters. The molecular formula is C15H23NO3. The minimum absolute atomic E-state index is 0.381. The molecule has 0 spiro atoms. The molecule has 1 aliphatic rings. The third-order valence-corrected chi connectivity index (χ3v) is 3.36. The molecule has 0 aromatic heterocycles. The Kier molecular flexibility index (Phi) is 5.48. The van der Waals surface area contributed by atoms with Crippen LogP contribution in [0, 0.1) is 0 Å². The van der Waals surface area contributed by atoms with Crippen LogP contribution in [0.5, 0.6) is 11.5 Å². The normalized spacial score (nSPS) is 18.5. The van der Waals surface area contributed by atoms with Crippen LogP contribution >= 0.6 is 0 Å². The Morgan fingerprint density at radius 3 is 3.00 bits per heavy atom. The van der Waals surface area contributed by atoms with Gasteiger partial charge in [0.15, 0.2) is 0 Å². The monoisotopic (exact) mass is 265 g/mol. The first-order chi connectivity index (χ1) is 9.33. The van der Waals surface area contributed by atoms with Gasteiger partial charge in [-0.2, -0.15) is 0 Å². The van der Waals surface area contributed by atoms with Gasteiger partial charge in [-0.1, -0.05) is 0 Å². The van der Waals surface area contributed by atoms with Gasteiger partial charge in [-0.05, 0) is 38.1 Å². The second-order valence-corrected chi connectivity index (χ2v) is 4.78. The number of hydrogen-bond acceptors (Lipinski definition) is 4. The van der Waals surface area contributed by atoms with Crippen molar-refractivity contribution in [3.05, 3.63) is 23.8 Å². The molecule has 1 atom stereocenters. The summed E-state index contributed by atoms with van der Waals surface area (Å²) in [7, 11) is 3.60. The molecule has 0 radical (unpaired) electrons. The standard InChI is InChI=1S/C15H23NO3/c1-16-11-12-10-14(17-2)5-6-15(12)19-9-7-13-4-3-8-18-13/h5-6,10,13,16H,3-4,7-9,11H2,1-2H3. The van der Waals surface area contributed by atoms with E-state index in [1.54, 1.807) is 7.11 Å². The van der Waals surface area contributed by atoms with Crippen molar-refractivity contribution in [1.82, 2.24) is 5.32 Å². The van der Waals surface area contributed by atoms with Crippen LogP contribution in [0.15, 0.2) is 18.2 Å². The second-order valence-electron chi connectivity index (χ2n) is 4.78. The smallest absolute Gasteiger partial charge is 0.124 e. The van der Waals surface area contributed by atoms with Gasteiger partial charge in [-0.25, -0.2) is 0 Å². The van der Waals surface area contributed by atoms with Crippen molar-refractivity contribution in [2.24, 2.45) is 0 Å². The SMILES string of the molecule is CNCc1cc(OC)ccc1OCCC1CCCO1. The summed E-state index contributed by atoms with van der Waals surface area (Å²) in [6.45, 7) is 2.37. The van der Waals surface area contributed by atoms with Crippen molar-refractivity contribution in [3.63, 3.8) is 0 Å². The molecule has 0 saturated carbocycles. The fourth-order valence-electron chi connectivity index (χ4n) is 2.32. The molecule has 0 bridgehead atoms. The van der Waals surface area contributed by atoms with Gasteiger partial charge in [0.1, 0.15) is 11.5 Å². The summed E-state index contributed by atoms with van der Waals surface area (Å²) in [6, 6.07) is 5.92. The average molecular weight is 265 g/mol. The van der Waals surface area contributed by atoms with E-state index in [-0.39, 0.29) is 0 Å². The van der Waals surface area contributed by atoms with Gasteiger partial charge >= 0.3 is 0 Å². The summed E-state index contributed by atoms with van der Waals surface area (Å²) in [6.07, 6.45) is 3.68. The summed E-state index contributed by atoms with van der Waals surface area (Å²) in [5, 5.41) is 3.15. The maximum absolute atomic E-state index is 5.88. The first-order valence-corrected chi connectivity index (χ1v) is 6.89. The Labute approximate surface area is 115 Å². The third-order valence-electron chi connectivity index (χ3n) is 3.36. The molecule has 1 aromatic carbocycles. The Balaban J connectivity index is 1.90. The van der Waals surface area contributed by atoms with E-state index in [0.717, 1.165) is 43.1 Å². The lowest BCUT2D eigenvalue weighted by molar-refractivity contribution is 0.0902. The van der Waals surface area contributed by atoms with Crippen molar-refractivity contribution < 1.29 is 14.2 Å². The van der Waals surface area contributed by atoms with E-state index in [1.807, 2.05) is 25.2 Å².